The van der Waals surface area contributed by atoms with Crippen molar-refractivity contribution in [3.63, 3.8) is 0 Å². The van der Waals surface area contributed by atoms with Gasteiger partial charge in [-0.05, 0) is 48.5 Å². The first-order valence-corrected chi connectivity index (χ1v) is 13.3. The van der Waals surface area contributed by atoms with E-state index in [1.165, 1.54) is 24.3 Å². The van der Waals surface area contributed by atoms with Crippen molar-refractivity contribution in [1.82, 2.24) is 14.8 Å². The molecule has 0 radical (unpaired) electrons. The van der Waals surface area contributed by atoms with Gasteiger partial charge in [-0.2, -0.15) is 0 Å². The standard InChI is InChI=1S/C24H20Cl2N4O6S/c25-16-10-17(26)12-20(11-16)37(33,34)30(13-24(31)32)18-1-2-21-15(9-18)5-7-29(21)22-3-4-23(28-27-22)36-19-6-8-35-14-19/h1-5,7,9-12,19H,6,8,13-14H2,(H,31,32)/t19-/m0/s1. The van der Waals surface area contributed by atoms with Gasteiger partial charge in [0, 0.05) is 34.1 Å². The van der Waals surface area contributed by atoms with Gasteiger partial charge < -0.3 is 14.6 Å². The molecular formula is C24H20Cl2N4O6S. The summed E-state index contributed by atoms with van der Waals surface area (Å²) in [5.41, 5.74) is 0.881. The van der Waals surface area contributed by atoms with E-state index in [9.17, 15) is 18.3 Å². The molecule has 0 amide bonds. The van der Waals surface area contributed by atoms with E-state index in [2.05, 4.69) is 10.2 Å². The van der Waals surface area contributed by atoms with Crippen molar-refractivity contribution >= 4 is 55.8 Å². The normalized spacial score (nSPS) is 15.7. The maximum atomic E-state index is 13.4. The fourth-order valence-electron chi connectivity index (χ4n) is 4.01. The zero-order valence-electron chi connectivity index (χ0n) is 19.1. The summed E-state index contributed by atoms with van der Waals surface area (Å²) in [5, 5.41) is 18.7. The van der Waals surface area contributed by atoms with Gasteiger partial charge in [-0.1, -0.05) is 23.2 Å². The van der Waals surface area contributed by atoms with Crippen LogP contribution in [0.5, 0.6) is 5.88 Å². The Kier molecular flexibility index (Phi) is 6.95. The number of carbonyl (C=O) groups is 1. The zero-order valence-corrected chi connectivity index (χ0v) is 21.4. The number of ether oxygens (including phenoxy) is 2. The number of carboxylic acids is 1. The van der Waals surface area contributed by atoms with Crippen LogP contribution in [0.25, 0.3) is 16.7 Å². The van der Waals surface area contributed by atoms with Crippen molar-refractivity contribution in [1.29, 1.82) is 0 Å². The number of fused-ring (bicyclic) bond motifs is 1. The molecule has 192 valence electrons. The third-order valence-corrected chi connectivity index (χ3v) is 7.90. The summed E-state index contributed by atoms with van der Waals surface area (Å²) in [6.45, 7) is 0.385. The number of hydrogen-bond donors (Lipinski definition) is 1. The zero-order chi connectivity index (χ0) is 26.2. The molecule has 0 bridgehead atoms. The summed E-state index contributed by atoms with van der Waals surface area (Å²) in [7, 11) is -4.29. The van der Waals surface area contributed by atoms with Crippen molar-refractivity contribution in [2.24, 2.45) is 0 Å². The number of aliphatic carboxylic acids is 1. The van der Waals surface area contributed by atoms with Gasteiger partial charge in [0.15, 0.2) is 5.82 Å². The van der Waals surface area contributed by atoms with Crippen LogP contribution in [0.15, 0.2) is 65.7 Å². The van der Waals surface area contributed by atoms with Crippen molar-refractivity contribution in [2.45, 2.75) is 17.4 Å². The number of carboxylic acid groups (broad SMARTS) is 1. The highest BCUT2D eigenvalue weighted by Crippen LogP contribution is 2.31. The van der Waals surface area contributed by atoms with Crippen LogP contribution in [0.3, 0.4) is 0 Å². The first kappa shape index (κ1) is 25.3. The highest BCUT2D eigenvalue weighted by atomic mass is 35.5. The Morgan fingerprint density at radius 3 is 2.54 bits per heavy atom. The molecule has 0 unspecified atom stereocenters. The van der Waals surface area contributed by atoms with Crippen molar-refractivity contribution < 1.29 is 27.8 Å². The first-order chi connectivity index (χ1) is 17.7. The third-order valence-electron chi connectivity index (χ3n) is 5.71. The predicted molar refractivity (Wildman–Crippen MR) is 137 cm³/mol. The van der Waals surface area contributed by atoms with E-state index in [4.69, 9.17) is 32.7 Å². The van der Waals surface area contributed by atoms with Crippen LogP contribution < -0.4 is 9.04 Å². The van der Waals surface area contributed by atoms with Gasteiger partial charge in [0.1, 0.15) is 12.6 Å². The number of anilines is 1. The predicted octanol–water partition coefficient (Wildman–Crippen LogP) is 4.17. The topological polar surface area (TPSA) is 124 Å². The van der Waals surface area contributed by atoms with Gasteiger partial charge in [-0.25, -0.2) is 8.42 Å². The van der Waals surface area contributed by atoms with E-state index < -0.39 is 22.5 Å². The fraction of sp³-hybridized carbons (Fsp3) is 0.208. The first-order valence-electron chi connectivity index (χ1n) is 11.1. The van der Waals surface area contributed by atoms with Gasteiger partial charge in [-0.3, -0.25) is 13.7 Å². The molecule has 2 aromatic carbocycles. The Hall–Kier alpha value is -3.38. The van der Waals surface area contributed by atoms with Crippen LogP contribution in [0.4, 0.5) is 5.69 Å². The Morgan fingerprint density at radius 2 is 1.89 bits per heavy atom. The van der Waals surface area contributed by atoms with Crippen molar-refractivity contribution in [2.75, 3.05) is 24.1 Å². The minimum absolute atomic E-state index is 0.0426. The highest BCUT2D eigenvalue weighted by molar-refractivity contribution is 7.92. The quantitative estimate of drug-likeness (QED) is 0.339. The second kappa shape index (κ2) is 10.2. The largest absolute Gasteiger partial charge is 0.480 e. The molecule has 3 heterocycles. The summed E-state index contributed by atoms with van der Waals surface area (Å²) in [6, 6.07) is 13.9. The average Bonchev–Trinajstić information content (AvgIpc) is 3.52. The summed E-state index contributed by atoms with van der Waals surface area (Å²) < 4.78 is 40.4. The van der Waals surface area contributed by atoms with Crippen LogP contribution in [-0.4, -0.2) is 60.1 Å². The van der Waals surface area contributed by atoms with Crippen molar-refractivity contribution in [3.05, 3.63) is 70.8 Å². The summed E-state index contributed by atoms with van der Waals surface area (Å²) in [4.78, 5) is 11.4. The molecule has 0 spiro atoms. The van der Waals surface area contributed by atoms with E-state index >= 15 is 0 Å². The minimum Gasteiger partial charge on any atom is -0.480 e. The summed E-state index contributed by atoms with van der Waals surface area (Å²) >= 11 is 12.0. The lowest BCUT2D eigenvalue weighted by molar-refractivity contribution is -0.135. The van der Waals surface area contributed by atoms with Gasteiger partial charge in [-0.15, -0.1) is 10.2 Å². The van der Waals surface area contributed by atoms with E-state index in [0.29, 0.717) is 30.3 Å². The molecule has 1 atom stereocenters. The summed E-state index contributed by atoms with van der Waals surface area (Å²) in [6.07, 6.45) is 2.52. The maximum absolute atomic E-state index is 13.4. The molecule has 4 aromatic rings. The Morgan fingerprint density at radius 1 is 1.11 bits per heavy atom. The lowest BCUT2D eigenvalue weighted by atomic mass is 10.2. The molecule has 1 saturated heterocycles. The number of sulfonamides is 1. The lowest BCUT2D eigenvalue weighted by Gasteiger charge is -2.23. The molecular weight excluding hydrogens is 543 g/mol. The molecule has 0 aliphatic carbocycles. The van der Waals surface area contributed by atoms with Crippen LogP contribution >= 0.6 is 23.2 Å². The van der Waals surface area contributed by atoms with Crippen LogP contribution in [0.1, 0.15) is 6.42 Å². The molecule has 1 N–H and O–H groups in total. The number of halogens is 2. The van der Waals surface area contributed by atoms with E-state index in [0.717, 1.165) is 16.2 Å². The smallest absolute Gasteiger partial charge is 0.324 e. The Balaban J connectivity index is 1.47. The second-order valence-corrected chi connectivity index (χ2v) is 11.0. The number of aromatic nitrogens is 3. The molecule has 1 fully saturated rings. The highest BCUT2D eigenvalue weighted by Gasteiger charge is 2.28. The molecule has 10 nitrogen and oxygen atoms in total. The second-order valence-electron chi connectivity index (χ2n) is 8.27. The van der Waals surface area contributed by atoms with E-state index in [1.807, 2.05) is 0 Å². The summed E-state index contributed by atoms with van der Waals surface area (Å²) in [5.74, 6) is -0.397. The van der Waals surface area contributed by atoms with Gasteiger partial charge in [0.2, 0.25) is 5.88 Å². The van der Waals surface area contributed by atoms with Crippen LogP contribution in [0, 0.1) is 0 Å². The average molecular weight is 563 g/mol. The van der Waals surface area contributed by atoms with E-state index in [1.54, 1.807) is 41.1 Å². The van der Waals surface area contributed by atoms with Crippen LogP contribution in [-0.2, 0) is 19.6 Å². The lowest BCUT2D eigenvalue weighted by Crippen LogP contribution is -2.35. The molecule has 0 saturated carbocycles. The SMILES string of the molecule is O=C(O)CN(c1ccc2c(ccn2-c2ccc(O[C@H]3CCOC3)nn2)c1)S(=O)(=O)c1cc(Cl)cc(Cl)c1. The molecule has 37 heavy (non-hydrogen) atoms. The van der Waals surface area contributed by atoms with Gasteiger partial charge in [0.05, 0.1) is 29.3 Å². The van der Waals surface area contributed by atoms with Gasteiger partial charge >= 0.3 is 5.97 Å². The Bertz CT molecular complexity index is 1550. The minimum atomic E-state index is -4.29. The number of benzene rings is 2. The number of nitrogens with zero attached hydrogens (tertiary/aromatic N) is 4. The van der Waals surface area contributed by atoms with Gasteiger partial charge in [0.25, 0.3) is 10.0 Å². The third kappa shape index (κ3) is 5.35. The Labute approximate surface area is 222 Å². The molecule has 1 aliphatic rings. The van der Waals surface area contributed by atoms with E-state index in [-0.39, 0.29) is 26.7 Å². The molecule has 1 aliphatic heterocycles. The molecule has 13 heteroatoms. The molecule has 2 aromatic heterocycles. The fourth-order valence-corrected chi connectivity index (χ4v) is 6.14. The number of hydrogen-bond acceptors (Lipinski definition) is 7. The number of rotatable bonds is 8. The van der Waals surface area contributed by atoms with Crippen molar-refractivity contribution in [3.8, 4) is 11.7 Å². The maximum Gasteiger partial charge on any atom is 0.324 e. The monoisotopic (exact) mass is 562 g/mol. The molecule has 5 rings (SSSR count). The van der Waals surface area contributed by atoms with Crippen LogP contribution in [0.2, 0.25) is 10.0 Å².